The van der Waals surface area contributed by atoms with Gasteiger partial charge >= 0.3 is 6.03 Å². The van der Waals surface area contributed by atoms with Crippen LogP contribution < -0.4 is 25.0 Å². The number of halogens is 2. The molecule has 38 heavy (non-hydrogen) atoms. The number of aliphatic imine (C=N–C) groups is 1. The molecule has 4 rings (SSSR count). The number of aromatic nitrogens is 1. The number of benzene rings is 2. The van der Waals surface area contributed by atoms with Crippen LogP contribution in [0.5, 0.6) is 11.6 Å². The second kappa shape index (κ2) is 10.8. The highest BCUT2D eigenvalue weighted by atomic mass is 19.3. The Morgan fingerprint density at radius 3 is 2.47 bits per heavy atom. The quantitative estimate of drug-likeness (QED) is 0.285. The number of nitrogens with two attached hydrogens (primary N) is 1. The van der Waals surface area contributed by atoms with Crippen molar-refractivity contribution in [2.75, 3.05) is 29.2 Å². The van der Waals surface area contributed by atoms with Gasteiger partial charge in [0.05, 0.1) is 12.2 Å². The van der Waals surface area contributed by atoms with Crippen LogP contribution in [0.3, 0.4) is 0 Å². The van der Waals surface area contributed by atoms with E-state index in [4.69, 9.17) is 38.7 Å². The molecule has 1 aliphatic heterocycles. The van der Waals surface area contributed by atoms with Crippen LogP contribution in [-0.4, -0.2) is 66.1 Å². The summed E-state index contributed by atoms with van der Waals surface area (Å²) in [6, 6.07) is 12.5. The molecule has 0 atom stereocenters. The molecular weight excluding hydrogens is 489 g/mol. The average molecular weight is 511 g/mol. The Balaban J connectivity index is 1.82. The maximum atomic E-state index is 13.9. The maximum Gasteiger partial charge on any atom is 0.335 e. The molecule has 0 fully saturated rings. The predicted molar refractivity (Wildman–Crippen MR) is 146 cm³/mol. The van der Waals surface area contributed by atoms with Crippen molar-refractivity contribution in [2.24, 2.45) is 4.99 Å². The fraction of sp³-hybridized carbons (Fsp3) is 0.240. The molecule has 0 spiro atoms. The lowest BCUT2D eigenvalue weighted by atomic mass is 9.52. The van der Waals surface area contributed by atoms with E-state index in [2.05, 4.69) is 9.98 Å². The molecule has 6 radical (unpaired) electrons. The van der Waals surface area contributed by atoms with Gasteiger partial charge in [0, 0.05) is 41.8 Å². The number of carbonyl (C=O) groups is 1. The van der Waals surface area contributed by atoms with Gasteiger partial charge in [-0.05, 0) is 60.3 Å². The first-order valence-corrected chi connectivity index (χ1v) is 11.5. The van der Waals surface area contributed by atoms with Crippen molar-refractivity contribution in [3.8, 4) is 11.6 Å². The van der Waals surface area contributed by atoms with Crippen LogP contribution in [0.25, 0.3) is 0 Å². The summed E-state index contributed by atoms with van der Waals surface area (Å²) in [5, 5.41) is -1.89. The van der Waals surface area contributed by atoms with Crippen LogP contribution in [-0.2, 0) is 6.54 Å². The van der Waals surface area contributed by atoms with Crippen molar-refractivity contribution in [1.82, 2.24) is 4.98 Å². The fourth-order valence-electron chi connectivity index (χ4n) is 3.98. The summed E-state index contributed by atoms with van der Waals surface area (Å²) >= 11 is 0. The number of fused-ring (bicyclic) bond motifs is 1. The first kappa shape index (κ1) is 27.0. The molecule has 2 amide bonds. The Bertz CT molecular complexity index is 1370. The molecule has 1 aromatic heterocycles. The monoisotopic (exact) mass is 511 g/mol. The standard InChI is InChI=1S/C25H22B3F2N5O3/c1-14-9-22(37-13-21(29)30)33-23-19(14)12-34(17-5-8-20(31)15(10-17)11-32-2)24(36)35(23)16-3-6-18(7-4-16)38-25(26,27)28/h3-11,21H,12-13,31H2,1-2H3. The zero-order valence-electron chi connectivity index (χ0n) is 20.8. The Hall–Kier alpha value is -4.02. The van der Waals surface area contributed by atoms with E-state index < -0.39 is 24.4 Å². The number of anilines is 4. The van der Waals surface area contributed by atoms with E-state index in [1.165, 1.54) is 17.0 Å². The van der Waals surface area contributed by atoms with E-state index in [0.29, 0.717) is 33.8 Å². The number of amides is 2. The molecule has 13 heteroatoms. The fourth-order valence-corrected chi connectivity index (χ4v) is 3.98. The van der Waals surface area contributed by atoms with Gasteiger partial charge in [-0.25, -0.2) is 18.5 Å². The van der Waals surface area contributed by atoms with Crippen molar-refractivity contribution in [3.63, 3.8) is 0 Å². The molecule has 1 aliphatic rings. The van der Waals surface area contributed by atoms with Crippen LogP contribution in [0.4, 0.5) is 36.5 Å². The lowest BCUT2D eigenvalue weighted by molar-refractivity contribution is 0.0796. The number of nitrogens with zero attached hydrogens (tertiary/aromatic N) is 4. The van der Waals surface area contributed by atoms with E-state index in [0.717, 1.165) is 0 Å². The first-order chi connectivity index (χ1) is 18.0. The minimum Gasteiger partial charge on any atom is -0.516 e. The van der Waals surface area contributed by atoms with Gasteiger partial charge in [-0.2, -0.15) is 4.98 Å². The van der Waals surface area contributed by atoms with Gasteiger partial charge in [-0.15, -0.1) is 0 Å². The summed E-state index contributed by atoms with van der Waals surface area (Å²) in [7, 11) is 18.2. The Morgan fingerprint density at radius 2 is 1.84 bits per heavy atom. The average Bonchev–Trinajstić information content (AvgIpc) is 2.84. The van der Waals surface area contributed by atoms with E-state index in [-0.39, 0.29) is 24.0 Å². The maximum absolute atomic E-state index is 13.9. The summed E-state index contributed by atoms with van der Waals surface area (Å²) < 4.78 is 36.0. The normalized spacial score (nSPS) is 13.8. The number of ether oxygens (including phenoxy) is 2. The highest BCUT2D eigenvalue weighted by Crippen LogP contribution is 2.39. The molecule has 0 unspecified atom stereocenters. The van der Waals surface area contributed by atoms with Gasteiger partial charge in [0.1, 0.15) is 29.3 Å². The number of hydrogen-bond donors (Lipinski definition) is 1. The minimum absolute atomic E-state index is 0.0270. The molecule has 0 saturated heterocycles. The Kier molecular flexibility index (Phi) is 7.66. The molecule has 8 nitrogen and oxygen atoms in total. The van der Waals surface area contributed by atoms with E-state index in [9.17, 15) is 13.6 Å². The molecule has 0 bridgehead atoms. The van der Waals surface area contributed by atoms with Gasteiger partial charge in [0.15, 0.2) is 12.4 Å². The van der Waals surface area contributed by atoms with Crippen LogP contribution >= 0.6 is 0 Å². The second-order valence-electron chi connectivity index (χ2n) is 8.64. The van der Waals surface area contributed by atoms with Crippen molar-refractivity contribution in [1.29, 1.82) is 0 Å². The number of rotatable bonds is 8. The third-order valence-corrected chi connectivity index (χ3v) is 5.65. The van der Waals surface area contributed by atoms with Gasteiger partial charge in [0.25, 0.3) is 6.43 Å². The lowest BCUT2D eigenvalue weighted by Crippen LogP contribution is -2.45. The summed E-state index contributed by atoms with van der Waals surface area (Å²) in [5.74, 6) is 0.490. The number of aryl methyl sites for hydroxylation is 1. The van der Waals surface area contributed by atoms with Crippen molar-refractivity contribution in [2.45, 2.75) is 25.2 Å². The van der Waals surface area contributed by atoms with Crippen molar-refractivity contribution >= 4 is 58.7 Å². The molecule has 188 valence electrons. The third kappa shape index (κ3) is 5.93. The van der Waals surface area contributed by atoms with Crippen LogP contribution in [0.1, 0.15) is 16.7 Å². The summed E-state index contributed by atoms with van der Waals surface area (Å²) in [6.45, 7) is 1.13. The van der Waals surface area contributed by atoms with Crippen LogP contribution in [0, 0.1) is 6.92 Å². The highest BCUT2D eigenvalue weighted by Gasteiger charge is 2.35. The molecular formula is C25H22B3F2N5O3. The topological polar surface area (TPSA) is 93.3 Å². The number of hydrogen-bond acceptors (Lipinski definition) is 6. The molecule has 2 N–H and O–H groups in total. The van der Waals surface area contributed by atoms with Gasteiger partial charge < -0.3 is 15.2 Å². The number of urea groups is 1. The SMILES string of the molecule is [B]C([B])([B])Oc1ccc(N2C(=O)N(c3ccc(N)c(C=NC)c3)Cc3c(C)cc(OCC(F)F)nc32)cc1. The van der Waals surface area contributed by atoms with E-state index in [1.54, 1.807) is 61.5 Å². The van der Waals surface area contributed by atoms with E-state index in [1.807, 2.05) is 0 Å². The summed E-state index contributed by atoms with van der Waals surface area (Å²) in [5.41, 5.74) is 9.60. The smallest absolute Gasteiger partial charge is 0.335 e. The third-order valence-electron chi connectivity index (χ3n) is 5.65. The zero-order valence-corrected chi connectivity index (χ0v) is 20.8. The number of pyridine rings is 1. The molecule has 2 aromatic carbocycles. The second-order valence-corrected chi connectivity index (χ2v) is 8.64. The number of alkyl halides is 2. The van der Waals surface area contributed by atoms with E-state index >= 15 is 0 Å². The zero-order chi connectivity index (χ0) is 27.6. The molecule has 0 aliphatic carbocycles. The molecule has 2 heterocycles. The highest BCUT2D eigenvalue weighted by molar-refractivity contribution is 6.58. The number of nitrogen functional groups attached to an aromatic ring is 1. The van der Waals surface area contributed by atoms with Crippen molar-refractivity contribution in [3.05, 3.63) is 65.2 Å². The summed E-state index contributed by atoms with van der Waals surface area (Å²) in [4.78, 5) is 25.3. The van der Waals surface area contributed by atoms with Gasteiger partial charge in [-0.1, -0.05) is 0 Å². The molecule has 3 aromatic rings. The van der Waals surface area contributed by atoms with Gasteiger partial charge in [0.2, 0.25) is 5.88 Å². The van der Waals surface area contributed by atoms with Gasteiger partial charge in [-0.3, -0.25) is 9.89 Å². The first-order valence-electron chi connectivity index (χ1n) is 11.5. The van der Waals surface area contributed by atoms with Crippen LogP contribution in [0.15, 0.2) is 53.5 Å². The predicted octanol–water partition coefficient (Wildman–Crippen LogP) is 3.44. The lowest BCUT2D eigenvalue weighted by Gasteiger charge is -2.37. The van der Waals surface area contributed by atoms with Crippen molar-refractivity contribution < 1.29 is 23.0 Å². The number of carbonyl (C=O) groups excluding carboxylic acids is 1. The Labute approximate surface area is 223 Å². The van der Waals surface area contributed by atoms with Crippen LogP contribution in [0.2, 0.25) is 0 Å². The minimum atomic E-state index is -2.68. The molecule has 0 saturated carbocycles. The largest absolute Gasteiger partial charge is 0.516 e. The summed E-state index contributed by atoms with van der Waals surface area (Å²) in [6.07, 6.45) is -1.08. The Morgan fingerprint density at radius 1 is 1.16 bits per heavy atom.